The minimum absolute atomic E-state index is 0.577. The summed E-state index contributed by atoms with van der Waals surface area (Å²) in [6.45, 7) is 2.22. The van der Waals surface area contributed by atoms with E-state index < -0.39 is 0 Å². The number of hydrogen-bond donors (Lipinski definition) is 0. The normalized spacial score (nSPS) is 19.6. The molecule has 3 rings (SSSR count). The molecule has 0 saturated heterocycles. The summed E-state index contributed by atoms with van der Waals surface area (Å²) >= 11 is 12.3. The topological polar surface area (TPSA) is 17.3 Å². The number of nitrogens with zero attached hydrogens (tertiary/aromatic N) is 2. The zero-order valence-electron chi connectivity index (χ0n) is 9.71. The molecular formula is C13H14Cl2N2. The van der Waals surface area contributed by atoms with Crippen molar-refractivity contribution < 1.29 is 0 Å². The molecule has 0 amide bonds. The lowest BCUT2D eigenvalue weighted by Crippen LogP contribution is -2.09. The second-order valence-electron chi connectivity index (χ2n) is 4.64. The molecule has 0 bridgehead atoms. The molecule has 4 heteroatoms. The molecule has 2 aromatic heterocycles. The van der Waals surface area contributed by atoms with Crippen molar-refractivity contribution in [3.63, 3.8) is 0 Å². The van der Waals surface area contributed by atoms with E-state index in [4.69, 9.17) is 28.2 Å². The van der Waals surface area contributed by atoms with E-state index in [9.17, 15) is 0 Å². The van der Waals surface area contributed by atoms with Gasteiger partial charge < -0.3 is 4.40 Å². The van der Waals surface area contributed by atoms with Gasteiger partial charge in [0.25, 0.3) is 0 Å². The van der Waals surface area contributed by atoms with E-state index in [1.165, 1.54) is 24.2 Å². The minimum atomic E-state index is 0.577. The summed E-state index contributed by atoms with van der Waals surface area (Å²) < 4.78 is 2.07. The van der Waals surface area contributed by atoms with E-state index in [0.29, 0.717) is 16.0 Å². The fourth-order valence-electron chi connectivity index (χ4n) is 2.76. The molecule has 0 fully saturated rings. The van der Waals surface area contributed by atoms with Gasteiger partial charge in [-0.05, 0) is 31.7 Å². The molecule has 17 heavy (non-hydrogen) atoms. The summed E-state index contributed by atoms with van der Waals surface area (Å²) in [5.74, 6) is 0.577. The Kier molecular flexibility index (Phi) is 2.80. The molecule has 1 unspecified atom stereocenters. The number of imidazole rings is 1. The highest BCUT2D eigenvalue weighted by atomic mass is 35.5. The maximum Gasteiger partial charge on any atom is 0.156 e. The van der Waals surface area contributed by atoms with Gasteiger partial charge in [0.05, 0.1) is 15.7 Å². The second kappa shape index (κ2) is 4.18. The van der Waals surface area contributed by atoms with Gasteiger partial charge >= 0.3 is 0 Å². The molecule has 2 aromatic rings. The van der Waals surface area contributed by atoms with Crippen molar-refractivity contribution in [2.75, 3.05) is 0 Å². The Morgan fingerprint density at radius 1 is 1.47 bits per heavy atom. The lowest BCUT2D eigenvalue weighted by atomic mass is 9.88. The van der Waals surface area contributed by atoms with Crippen molar-refractivity contribution in [2.24, 2.45) is 0 Å². The van der Waals surface area contributed by atoms with Gasteiger partial charge in [-0.15, -0.1) is 0 Å². The van der Waals surface area contributed by atoms with Gasteiger partial charge in [-0.25, -0.2) is 4.98 Å². The molecule has 0 aromatic carbocycles. The van der Waals surface area contributed by atoms with Gasteiger partial charge in [0, 0.05) is 17.8 Å². The summed E-state index contributed by atoms with van der Waals surface area (Å²) in [7, 11) is 0. The van der Waals surface area contributed by atoms with Crippen molar-refractivity contribution in [3.05, 3.63) is 33.7 Å². The van der Waals surface area contributed by atoms with Crippen molar-refractivity contribution in [1.29, 1.82) is 0 Å². The van der Waals surface area contributed by atoms with Crippen molar-refractivity contribution >= 4 is 28.8 Å². The van der Waals surface area contributed by atoms with Gasteiger partial charge in [0.15, 0.2) is 5.65 Å². The molecule has 0 N–H and O–H groups in total. The van der Waals surface area contributed by atoms with Gasteiger partial charge in [-0.1, -0.05) is 30.1 Å². The number of halogens is 2. The average molecular weight is 269 g/mol. The van der Waals surface area contributed by atoms with Gasteiger partial charge in [0.2, 0.25) is 0 Å². The molecule has 1 atom stereocenters. The lowest BCUT2D eigenvalue weighted by Gasteiger charge is -2.19. The average Bonchev–Trinajstić information content (AvgIpc) is 2.68. The number of rotatable bonds is 1. The van der Waals surface area contributed by atoms with Gasteiger partial charge in [-0.2, -0.15) is 0 Å². The van der Waals surface area contributed by atoms with Gasteiger partial charge in [-0.3, -0.25) is 0 Å². The van der Waals surface area contributed by atoms with Crippen LogP contribution >= 0.6 is 23.2 Å². The predicted octanol–water partition coefficient (Wildman–Crippen LogP) is 4.47. The Hall–Kier alpha value is -0.730. The van der Waals surface area contributed by atoms with Crippen LogP contribution in [0.5, 0.6) is 0 Å². The molecule has 0 spiro atoms. The summed E-state index contributed by atoms with van der Waals surface area (Å²) in [6.07, 6.45) is 6.60. The van der Waals surface area contributed by atoms with E-state index in [2.05, 4.69) is 11.3 Å². The maximum absolute atomic E-state index is 6.21. The molecule has 90 valence electrons. The molecule has 2 nitrogen and oxygen atoms in total. The van der Waals surface area contributed by atoms with Crippen LogP contribution in [-0.4, -0.2) is 9.38 Å². The zero-order valence-corrected chi connectivity index (χ0v) is 11.2. The van der Waals surface area contributed by atoms with Crippen LogP contribution in [0, 0.1) is 0 Å². The fourth-order valence-corrected chi connectivity index (χ4v) is 3.28. The summed E-state index contributed by atoms with van der Waals surface area (Å²) in [4.78, 5) is 4.72. The van der Waals surface area contributed by atoms with E-state index in [0.717, 1.165) is 18.5 Å². The first kappa shape index (κ1) is 11.4. The smallest absolute Gasteiger partial charge is 0.156 e. The van der Waals surface area contributed by atoms with Crippen LogP contribution in [0.25, 0.3) is 5.65 Å². The van der Waals surface area contributed by atoms with Crippen LogP contribution < -0.4 is 0 Å². The zero-order chi connectivity index (χ0) is 12.0. The molecule has 1 aliphatic carbocycles. The molecule has 0 radical (unpaired) electrons. The SMILES string of the molecule is CCC1CCCc2c1nc1c(Cl)cc(Cl)cn21. The highest BCUT2D eigenvalue weighted by Gasteiger charge is 2.24. The Morgan fingerprint density at radius 3 is 3.06 bits per heavy atom. The third-order valence-electron chi connectivity index (χ3n) is 3.62. The molecule has 2 heterocycles. The van der Waals surface area contributed by atoms with Crippen molar-refractivity contribution in [2.45, 2.75) is 38.5 Å². The highest BCUT2D eigenvalue weighted by molar-refractivity contribution is 6.36. The van der Waals surface area contributed by atoms with Crippen LogP contribution in [-0.2, 0) is 6.42 Å². The molecule has 0 saturated carbocycles. The first-order valence-electron chi connectivity index (χ1n) is 6.06. The van der Waals surface area contributed by atoms with E-state index >= 15 is 0 Å². The largest absolute Gasteiger partial charge is 0.301 e. The van der Waals surface area contributed by atoms with Crippen molar-refractivity contribution in [3.8, 4) is 0 Å². The Labute approximate surface area is 111 Å². The standard InChI is InChI=1S/C13H14Cl2N2/c1-2-8-4-3-5-11-12(8)16-13-10(15)6-9(14)7-17(11)13/h6-8H,2-5H2,1H3. The van der Waals surface area contributed by atoms with E-state index in [-0.39, 0.29) is 0 Å². The first-order valence-corrected chi connectivity index (χ1v) is 6.82. The number of aryl methyl sites for hydroxylation is 1. The Morgan fingerprint density at radius 2 is 2.29 bits per heavy atom. The molecule has 1 aliphatic rings. The fraction of sp³-hybridized carbons (Fsp3) is 0.462. The Balaban J connectivity index is 2.30. The molecule has 0 aliphatic heterocycles. The maximum atomic E-state index is 6.21. The highest BCUT2D eigenvalue weighted by Crippen LogP contribution is 2.35. The van der Waals surface area contributed by atoms with Crippen LogP contribution in [0.1, 0.15) is 43.5 Å². The summed E-state index contributed by atoms with van der Waals surface area (Å²) in [5, 5.41) is 1.31. The summed E-state index contributed by atoms with van der Waals surface area (Å²) in [6, 6.07) is 1.76. The lowest BCUT2D eigenvalue weighted by molar-refractivity contribution is 0.523. The van der Waals surface area contributed by atoms with E-state index in [1.54, 1.807) is 6.07 Å². The predicted molar refractivity (Wildman–Crippen MR) is 71.2 cm³/mol. The monoisotopic (exact) mass is 268 g/mol. The quantitative estimate of drug-likeness (QED) is 0.746. The van der Waals surface area contributed by atoms with Crippen LogP contribution in [0.4, 0.5) is 0 Å². The Bertz CT molecular complexity index is 574. The minimum Gasteiger partial charge on any atom is -0.301 e. The van der Waals surface area contributed by atoms with Crippen LogP contribution in [0.3, 0.4) is 0 Å². The number of aromatic nitrogens is 2. The number of hydrogen-bond acceptors (Lipinski definition) is 1. The first-order chi connectivity index (χ1) is 8.20. The second-order valence-corrected chi connectivity index (χ2v) is 5.48. The van der Waals surface area contributed by atoms with E-state index in [1.807, 2.05) is 6.20 Å². The third-order valence-corrected chi connectivity index (χ3v) is 4.10. The van der Waals surface area contributed by atoms with Crippen LogP contribution in [0.2, 0.25) is 10.0 Å². The number of fused-ring (bicyclic) bond motifs is 3. The van der Waals surface area contributed by atoms with Crippen molar-refractivity contribution in [1.82, 2.24) is 9.38 Å². The molecular weight excluding hydrogens is 255 g/mol. The van der Waals surface area contributed by atoms with Crippen LogP contribution in [0.15, 0.2) is 12.3 Å². The van der Waals surface area contributed by atoms with Gasteiger partial charge in [0.1, 0.15) is 0 Å². The number of pyridine rings is 1. The third kappa shape index (κ3) is 1.74. The summed E-state index contributed by atoms with van der Waals surface area (Å²) in [5.41, 5.74) is 3.37.